The largest absolute Gasteiger partial charge is 0.387 e. The molecule has 0 spiro atoms. The van der Waals surface area contributed by atoms with Crippen LogP contribution in [0.3, 0.4) is 0 Å². The van der Waals surface area contributed by atoms with E-state index in [1.807, 2.05) is 20.8 Å². The smallest absolute Gasteiger partial charge is 0.192 e. The van der Waals surface area contributed by atoms with Crippen molar-refractivity contribution in [3.8, 4) is 0 Å². The quantitative estimate of drug-likeness (QED) is 0.511. The Bertz CT molecular complexity index is 423. The molecular formula is C13H23N5. The van der Waals surface area contributed by atoms with Gasteiger partial charge in [-0.3, -0.25) is 4.99 Å². The van der Waals surface area contributed by atoms with E-state index >= 15 is 0 Å². The maximum Gasteiger partial charge on any atom is 0.192 e. The van der Waals surface area contributed by atoms with E-state index < -0.39 is 0 Å². The van der Waals surface area contributed by atoms with Crippen molar-refractivity contribution in [1.29, 1.82) is 0 Å². The van der Waals surface area contributed by atoms with Crippen molar-refractivity contribution in [3.63, 3.8) is 0 Å². The van der Waals surface area contributed by atoms with Gasteiger partial charge in [0.25, 0.3) is 0 Å². The second-order valence-electron chi connectivity index (χ2n) is 3.99. The molecule has 0 aliphatic carbocycles. The summed E-state index contributed by atoms with van der Waals surface area (Å²) in [4.78, 5) is 8.31. The zero-order valence-electron chi connectivity index (χ0n) is 11.9. The van der Waals surface area contributed by atoms with E-state index in [2.05, 4.69) is 33.8 Å². The second-order valence-corrected chi connectivity index (χ2v) is 3.99. The van der Waals surface area contributed by atoms with Crippen LogP contribution in [0.15, 0.2) is 45.8 Å². The Kier molecular flexibility index (Phi) is 6.49. The van der Waals surface area contributed by atoms with Crippen LogP contribution in [0.4, 0.5) is 0 Å². The lowest BCUT2D eigenvalue weighted by molar-refractivity contribution is 1.04. The van der Waals surface area contributed by atoms with Gasteiger partial charge in [0.05, 0.1) is 11.4 Å². The van der Waals surface area contributed by atoms with Crippen molar-refractivity contribution in [2.24, 2.45) is 15.7 Å². The van der Waals surface area contributed by atoms with Crippen LogP contribution < -0.4 is 16.4 Å². The van der Waals surface area contributed by atoms with Crippen molar-refractivity contribution in [2.75, 3.05) is 14.1 Å². The first kappa shape index (κ1) is 16.0. The molecule has 100 valence electrons. The average molecular weight is 249 g/mol. The minimum absolute atomic E-state index is 0.284. The number of hydrogen-bond acceptors (Lipinski definition) is 3. The van der Waals surface area contributed by atoms with Crippen LogP contribution >= 0.6 is 0 Å². The third-order valence-corrected chi connectivity index (χ3v) is 2.40. The van der Waals surface area contributed by atoms with Gasteiger partial charge in [0.1, 0.15) is 5.71 Å². The molecule has 0 saturated carbocycles. The SMILES string of the molecule is C=C(NC)C(=NC(C)=C(C)C)C(=C)NC(N)=NC. The van der Waals surface area contributed by atoms with Gasteiger partial charge in [-0.2, -0.15) is 0 Å². The Hall–Kier alpha value is -2.04. The Labute approximate surface area is 109 Å². The van der Waals surface area contributed by atoms with E-state index in [0.29, 0.717) is 17.1 Å². The molecule has 4 N–H and O–H groups in total. The summed E-state index contributed by atoms with van der Waals surface area (Å²) in [6.07, 6.45) is 0. The number of hydrogen-bond donors (Lipinski definition) is 3. The van der Waals surface area contributed by atoms with Gasteiger partial charge >= 0.3 is 0 Å². The molecule has 18 heavy (non-hydrogen) atoms. The maximum atomic E-state index is 5.60. The predicted molar refractivity (Wildman–Crippen MR) is 79.5 cm³/mol. The molecule has 0 unspecified atom stereocenters. The molecule has 0 radical (unpaired) electrons. The highest BCUT2D eigenvalue weighted by atomic mass is 15.1. The number of rotatable bonds is 5. The number of guanidine groups is 1. The summed E-state index contributed by atoms with van der Waals surface area (Å²) in [6.45, 7) is 13.7. The zero-order valence-corrected chi connectivity index (χ0v) is 11.9. The minimum atomic E-state index is 0.284. The van der Waals surface area contributed by atoms with Gasteiger partial charge < -0.3 is 16.4 Å². The van der Waals surface area contributed by atoms with Crippen molar-refractivity contribution in [3.05, 3.63) is 35.8 Å². The van der Waals surface area contributed by atoms with Gasteiger partial charge in [-0.05, 0) is 20.8 Å². The van der Waals surface area contributed by atoms with Gasteiger partial charge in [-0.25, -0.2) is 4.99 Å². The third kappa shape index (κ3) is 4.86. The number of nitrogens with one attached hydrogen (secondary N) is 2. The van der Waals surface area contributed by atoms with Crippen LogP contribution in [0, 0.1) is 0 Å². The zero-order chi connectivity index (χ0) is 14.3. The number of allylic oxidation sites excluding steroid dienone is 2. The number of aliphatic imine (C=N–C) groups is 2. The first-order chi connectivity index (χ1) is 8.33. The van der Waals surface area contributed by atoms with E-state index in [-0.39, 0.29) is 5.96 Å². The molecule has 0 amide bonds. The van der Waals surface area contributed by atoms with Gasteiger partial charge in [-0.15, -0.1) is 0 Å². The van der Waals surface area contributed by atoms with E-state index in [1.165, 1.54) is 0 Å². The first-order valence-corrected chi connectivity index (χ1v) is 5.61. The third-order valence-electron chi connectivity index (χ3n) is 2.40. The fourth-order valence-corrected chi connectivity index (χ4v) is 0.985. The number of nitrogens with two attached hydrogens (primary N) is 1. The Balaban J connectivity index is 5.33. The minimum Gasteiger partial charge on any atom is -0.387 e. The van der Waals surface area contributed by atoms with Crippen LogP contribution in [0.2, 0.25) is 0 Å². The fraction of sp³-hybridized carbons (Fsp3) is 0.385. The lowest BCUT2D eigenvalue weighted by Gasteiger charge is -2.14. The highest BCUT2D eigenvalue weighted by molar-refractivity contribution is 6.13. The van der Waals surface area contributed by atoms with Crippen molar-refractivity contribution >= 4 is 11.7 Å². The molecule has 0 aromatic carbocycles. The molecule has 0 fully saturated rings. The summed E-state index contributed by atoms with van der Waals surface area (Å²) in [5.74, 6) is 0.284. The van der Waals surface area contributed by atoms with Gasteiger partial charge in [0.2, 0.25) is 0 Å². The molecule has 0 saturated heterocycles. The van der Waals surface area contributed by atoms with E-state index in [0.717, 1.165) is 11.3 Å². The first-order valence-electron chi connectivity index (χ1n) is 5.61. The Morgan fingerprint density at radius 3 is 2.06 bits per heavy atom. The standard InChI is InChI=1S/C13H23N5/c1-8(2)9(3)17-12(10(4)15-6)11(5)18-13(14)16-7/h15H,4-5H2,1-3,6-7H3,(H3,14,16,18). The van der Waals surface area contributed by atoms with E-state index in [9.17, 15) is 0 Å². The van der Waals surface area contributed by atoms with E-state index in [1.54, 1.807) is 14.1 Å². The lowest BCUT2D eigenvalue weighted by atomic mass is 10.2. The molecular weight excluding hydrogens is 226 g/mol. The van der Waals surface area contributed by atoms with Gasteiger partial charge in [-0.1, -0.05) is 18.7 Å². The summed E-state index contributed by atoms with van der Waals surface area (Å²) in [7, 11) is 3.38. The molecule has 0 heterocycles. The van der Waals surface area contributed by atoms with E-state index in [4.69, 9.17) is 5.73 Å². The maximum absolute atomic E-state index is 5.60. The van der Waals surface area contributed by atoms with Crippen LogP contribution in [0.5, 0.6) is 0 Å². The molecule has 0 rings (SSSR count). The molecule has 5 nitrogen and oxygen atoms in total. The summed E-state index contributed by atoms with van der Waals surface area (Å²) in [5, 5.41) is 5.82. The summed E-state index contributed by atoms with van der Waals surface area (Å²) >= 11 is 0. The normalized spacial score (nSPS) is 11.8. The molecule has 0 atom stereocenters. The topological polar surface area (TPSA) is 74.8 Å². The van der Waals surface area contributed by atoms with Crippen molar-refractivity contribution < 1.29 is 0 Å². The summed E-state index contributed by atoms with van der Waals surface area (Å²) < 4.78 is 0. The van der Waals surface area contributed by atoms with Crippen molar-refractivity contribution in [2.45, 2.75) is 20.8 Å². The van der Waals surface area contributed by atoms with Crippen LogP contribution in [0.1, 0.15) is 20.8 Å². The molecule has 5 heteroatoms. The van der Waals surface area contributed by atoms with Crippen LogP contribution in [-0.2, 0) is 0 Å². The Morgan fingerprint density at radius 2 is 1.67 bits per heavy atom. The fourth-order valence-electron chi connectivity index (χ4n) is 0.985. The van der Waals surface area contributed by atoms with Crippen LogP contribution in [-0.4, -0.2) is 25.8 Å². The van der Waals surface area contributed by atoms with Crippen LogP contribution in [0.25, 0.3) is 0 Å². The molecule has 0 aliphatic heterocycles. The lowest BCUT2D eigenvalue weighted by Crippen LogP contribution is -2.35. The van der Waals surface area contributed by atoms with Gasteiger partial charge in [0, 0.05) is 19.8 Å². The molecule has 0 aromatic heterocycles. The molecule has 0 aromatic rings. The monoisotopic (exact) mass is 249 g/mol. The molecule has 0 aliphatic rings. The molecule has 0 bridgehead atoms. The highest BCUT2D eigenvalue weighted by Crippen LogP contribution is 2.09. The van der Waals surface area contributed by atoms with Crippen molar-refractivity contribution in [1.82, 2.24) is 10.6 Å². The highest BCUT2D eigenvalue weighted by Gasteiger charge is 2.09. The predicted octanol–water partition coefficient (Wildman–Crippen LogP) is 1.52. The number of nitrogens with zero attached hydrogens (tertiary/aromatic N) is 2. The summed E-state index contributed by atoms with van der Waals surface area (Å²) in [5.41, 5.74) is 9.49. The Morgan fingerprint density at radius 1 is 1.11 bits per heavy atom. The average Bonchev–Trinajstić information content (AvgIpc) is 2.33. The van der Waals surface area contributed by atoms with Gasteiger partial charge in [0.15, 0.2) is 5.96 Å². The second kappa shape index (κ2) is 7.32. The summed E-state index contributed by atoms with van der Waals surface area (Å²) in [6, 6.07) is 0.